The van der Waals surface area contributed by atoms with Gasteiger partial charge in [-0.1, -0.05) is 47.7 Å². The van der Waals surface area contributed by atoms with E-state index >= 15 is 0 Å². The molecule has 1 aliphatic heterocycles. The fourth-order valence-electron chi connectivity index (χ4n) is 6.50. The van der Waals surface area contributed by atoms with Crippen molar-refractivity contribution in [2.24, 2.45) is 4.99 Å². The molecule has 5 aromatic rings. The first-order valence-corrected chi connectivity index (χ1v) is 18.4. The summed E-state index contributed by atoms with van der Waals surface area (Å²) in [5, 5.41) is 0.966. The normalized spacial score (nSPS) is 14.0. The highest BCUT2D eigenvalue weighted by Crippen LogP contribution is 2.36. The van der Waals surface area contributed by atoms with Gasteiger partial charge in [-0.3, -0.25) is 9.36 Å². The molecule has 13 heteroatoms. The average Bonchev–Trinajstić information content (AvgIpc) is 3.62. The number of para-hydroxylation sites is 1. The van der Waals surface area contributed by atoms with Crippen molar-refractivity contribution < 1.29 is 38.1 Å². The van der Waals surface area contributed by atoms with Gasteiger partial charge in [-0.25, -0.2) is 19.4 Å². The number of nitrogens with zero attached hydrogens (tertiary/aromatic N) is 3. The zero-order valence-corrected chi connectivity index (χ0v) is 31.8. The molecule has 1 aliphatic rings. The lowest BCUT2D eigenvalue weighted by Crippen LogP contribution is -2.40. The van der Waals surface area contributed by atoms with Gasteiger partial charge < -0.3 is 28.3 Å². The second-order valence-electron chi connectivity index (χ2n) is 12.3. The summed E-state index contributed by atoms with van der Waals surface area (Å²) in [6, 6.07) is 19.5. The van der Waals surface area contributed by atoms with Gasteiger partial charge >= 0.3 is 17.9 Å². The molecule has 0 amide bonds. The molecule has 280 valence electrons. The van der Waals surface area contributed by atoms with E-state index in [1.54, 1.807) is 51.1 Å². The number of allylic oxidation sites excluding steroid dienone is 1. The molecular weight excluding hydrogens is 711 g/mol. The van der Waals surface area contributed by atoms with E-state index in [1.807, 2.05) is 56.3 Å². The number of benzene rings is 3. The Balaban J connectivity index is 1.47. The van der Waals surface area contributed by atoms with Gasteiger partial charge in [-0.2, -0.15) is 0 Å². The van der Waals surface area contributed by atoms with Gasteiger partial charge in [0.1, 0.15) is 0 Å². The highest BCUT2D eigenvalue weighted by molar-refractivity contribution is 7.07. The van der Waals surface area contributed by atoms with Gasteiger partial charge in [-0.05, 0) is 82.2 Å². The summed E-state index contributed by atoms with van der Waals surface area (Å²) < 4.78 is 31.0. The highest BCUT2D eigenvalue weighted by atomic mass is 32.1. The number of hydrogen-bond acceptors (Lipinski definition) is 11. The number of methoxy groups -OCH3 is 1. The summed E-state index contributed by atoms with van der Waals surface area (Å²) in [6.07, 6.45) is 1.89. The molecule has 0 N–H and O–H groups in total. The van der Waals surface area contributed by atoms with Crippen LogP contribution in [0, 0.1) is 6.92 Å². The Hall–Kier alpha value is -5.95. The smallest absolute Gasteiger partial charge is 0.343 e. The predicted octanol–water partition coefficient (Wildman–Crippen LogP) is 5.24. The van der Waals surface area contributed by atoms with Crippen LogP contribution in [0.5, 0.6) is 11.5 Å². The van der Waals surface area contributed by atoms with E-state index in [0.717, 1.165) is 27.7 Å². The van der Waals surface area contributed by atoms with Gasteiger partial charge in [-0.15, -0.1) is 0 Å². The Morgan fingerprint density at radius 2 is 1.59 bits per heavy atom. The van der Waals surface area contributed by atoms with E-state index in [0.29, 0.717) is 57.4 Å². The summed E-state index contributed by atoms with van der Waals surface area (Å²) in [7, 11) is 1.27. The molecule has 1 atom stereocenters. The van der Waals surface area contributed by atoms with Crippen LogP contribution < -0.4 is 24.4 Å². The quantitative estimate of drug-likeness (QED) is 0.117. The molecule has 2 aromatic heterocycles. The lowest BCUT2D eigenvalue weighted by atomic mass is 9.95. The summed E-state index contributed by atoms with van der Waals surface area (Å²) in [5.41, 5.74) is 5.18. The van der Waals surface area contributed by atoms with Crippen molar-refractivity contribution in [3.8, 4) is 11.5 Å². The molecule has 0 saturated heterocycles. The van der Waals surface area contributed by atoms with Crippen molar-refractivity contribution in [1.29, 1.82) is 0 Å². The second-order valence-corrected chi connectivity index (χ2v) is 13.3. The van der Waals surface area contributed by atoms with Crippen LogP contribution >= 0.6 is 11.3 Å². The van der Waals surface area contributed by atoms with Crippen LogP contribution in [0.2, 0.25) is 0 Å². The maximum Gasteiger partial charge on any atom is 0.343 e. The van der Waals surface area contributed by atoms with Crippen LogP contribution in [0.3, 0.4) is 0 Å². The van der Waals surface area contributed by atoms with Gasteiger partial charge in [0.25, 0.3) is 5.56 Å². The van der Waals surface area contributed by atoms with Crippen molar-refractivity contribution in [1.82, 2.24) is 9.13 Å². The van der Waals surface area contributed by atoms with Crippen LogP contribution in [0.25, 0.3) is 17.0 Å². The summed E-state index contributed by atoms with van der Waals surface area (Å²) >= 11 is 1.24. The number of thiazole rings is 1. The van der Waals surface area contributed by atoms with E-state index in [2.05, 4.69) is 4.57 Å². The third-order valence-corrected chi connectivity index (χ3v) is 10.0. The molecule has 3 heterocycles. The minimum absolute atomic E-state index is 0.135. The van der Waals surface area contributed by atoms with E-state index in [9.17, 15) is 19.2 Å². The molecule has 0 saturated carbocycles. The van der Waals surface area contributed by atoms with Gasteiger partial charge in [0.05, 0.1) is 54.3 Å². The molecule has 0 unspecified atom stereocenters. The number of aromatic nitrogens is 2. The van der Waals surface area contributed by atoms with Crippen LogP contribution in [-0.4, -0.2) is 60.6 Å². The van der Waals surface area contributed by atoms with E-state index in [1.165, 1.54) is 23.0 Å². The maximum atomic E-state index is 14.6. The Labute approximate surface area is 315 Å². The Bertz CT molecular complexity index is 2460. The van der Waals surface area contributed by atoms with Gasteiger partial charge in [0.2, 0.25) is 0 Å². The third kappa shape index (κ3) is 7.44. The summed E-state index contributed by atoms with van der Waals surface area (Å²) in [5.74, 6) is -0.869. The van der Waals surface area contributed by atoms with Crippen LogP contribution in [0.15, 0.2) is 87.8 Å². The minimum Gasteiger partial charge on any atom is -0.490 e. The standard InChI is InChI=1S/C41H41N3O9S/c1-7-50-33-20-28(18-19-32(33)53-23-35(45)49-6)37-36(40(48)52-9-3)24(4)42-41-44(37)38(46)34(54-41)21-30-25(5)43(31-13-11-10-12-29(30)31)22-26-14-16-27(17-15-26)39(47)51-8-2/h10-21,37H,7-9,22-23H2,1-6H3/b34-21+/t37-/m1/s1. The molecular formula is C41H41N3O9S. The number of rotatable bonds is 13. The number of ether oxygens (including phenoxy) is 5. The van der Waals surface area contributed by atoms with Crippen molar-refractivity contribution >= 4 is 46.2 Å². The minimum atomic E-state index is -0.892. The van der Waals surface area contributed by atoms with Crippen molar-refractivity contribution in [3.05, 3.63) is 126 Å². The summed E-state index contributed by atoms with van der Waals surface area (Å²) in [6.45, 7) is 10.00. The first-order chi connectivity index (χ1) is 26.1. The number of carbonyl (C=O) groups excluding carboxylic acids is 3. The van der Waals surface area contributed by atoms with E-state index in [-0.39, 0.29) is 30.3 Å². The lowest BCUT2D eigenvalue weighted by Gasteiger charge is -2.25. The molecule has 12 nitrogen and oxygen atoms in total. The Kier molecular flexibility index (Phi) is 11.5. The van der Waals surface area contributed by atoms with Crippen LogP contribution in [0.1, 0.15) is 66.5 Å². The summed E-state index contributed by atoms with van der Waals surface area (Å²) in [4.78, 5) is 57.3. The number of fused-ring (bicyclic) bond motifs is 2. The molecule has 0 radical (unpaired) electrons. The predicted molar refractivity (Wildman–Crippen MR) is 204 cm³/mol. The largest absolute Gasteiger partial charge is 0.490 e. The zero-order valence-electron chi connectivity index (χ0n) is 31.0. The van der Waals surface area contributed by atoms with Gasteiger partial charge in [0, 0.05) is 28.7 Å². The third-order valence-electron chi connectivity index (χ3n) is 9.03. The fourth-order valence-corrected chi connectivity index (χ4v) is 7.53. The van der Waals surface area contributed by atoms with Crippen LogP contribution in [-0.2, 0) is 30.3 Å². The zero-order chi connectivity index (χ0) is 38.5. The van der Waals surface area contributed by atoms with Crippen molar-refractivity contribution in [2.45, 2.75) is 47.2 Å². The number of esters is 3. The molecule has 0 aliphatic carbocycles. The fraction of sp³-hybridized carbons (Fsp3) is 0.293. The molecule has 0 bridgehead atoms. The van der Waals surface area contributed by atoms with E-state index < -0.39 is 18.0 Å². The first kappa shape index (κ1) is 37.8. The topological polar surface area (TPSA) is 137 Å². The molecule has 3 aromatic carbocycles. The van der Waals surface area contributed by atoms with Crippen LogP contribution in [0.4, 0.5) is 0 Å². The molecule has 6 rings (SSSR count). The monoisotopic (exact) mass is 751 g/mol. The molecule has 54 heavy (non-hydrogen) atoms. The Morgan fingerprint density at radius 3 is 2.30 bits per heavy atom. The van der Waals surface area contributed by atoms with Crippen molar-refractivity contribution in [3.63, 3.8) is 0 Å². The first-order valence-electron chi connectivity index (χ1n) is 17.6. The molecule has 0 spiro atoms. The average molecular weight is 752 g/mol. The SMILES string of the molecule is CCOC(=O)C1=C(C)N=c2s/c(=C/c3c(C)n(Cc4ccc(C(=O)OCC)cc4)c4ccccc34)c(=O)n2[C@@H]1c1ccc(OCC(=O)OC)c(OCC)c1. The van der Waals surface area contributed by atoms with E-state index in [4.69, 9.17) is 28.7 Å². The number of carbonyl (C=O) groups is 3. The maximum absolute atomic E-state index is 14.6. The lowest BCUT2D eigenvalue weighted by molar-refractivity contribution is -0.143. The van der Waals surface area contributed by atoms with Gasteiger partial charge in [0.15, 0.2) is 22.9 Å². The second kappa shape index (κ2) is 16.4. The Morgan fingerprint density at radius 1 is 0.870 bits per heavy atom. The molecule has 0 fully saturated rings. The van der Waals surface area contributed by atoms with Crippen molar-refractivity contribution in [2.75, 3.05) is 33.5 Å². The number of hydrogen-bond donors (Lipinski definition) is 0. The highest BCUT2D eigenvalue weighted by Gasteiger charge is 2.34.